The van der Waals surface area contributed by atoms with Crippen LogP contribution >= 0.6 is 22.6 Å². The fraction of sp³-hybridized carbons (Fsp3) is 0. The maximum Gasteiger partial charge on any atom is 0.192 e. The molecule has 0 spiro atoms. The first kappa shape index (κ1) is 6.09. The molecular formula is C6H4IN3. The molecule has 0 fully saturated rings. The molecule has 0 atom stereocenters. The quantitative estimate of drug-likeness (QED) is 0.517. The maximum atomic E-state index is 4.07. The summed E-state index contributed by atoms with van der Waals surface area (Å²) in [6.45, 7) is 0. The Hall–Kier alpha value is -0.650. The molecule has 4 heteroatoms. The highest BCUT2D eigenvalue weighted by Gasteiger charge is 1.95. The van der Waals surface area contributed by atoms with Crippen molar-refractivity contribution in [2.75, 3.05) is 0 Å². The number of hydrogen-bond acceptors (Lipinski definition) is 2. The standard InChI is InChI=1S/C6H4IN3/c7-6-8-3-1-5-2-4-9-10(5)6/h1-4H. The van der Waals surface area contributed by atoms with Crippen LogP contribution < -0.4 is 0 Å². The molecule has 0 saturated heterocycles. The van der Waals surface area contributed by atoms with Gasteiger partial charge in [0, 0.05) is 28.8 Å². The van der Waals surface area contributed by atoms with Crippen LogP contribution in [0.5, 0.6) is 0 Å². The third-order valence-corrected chi connectivity index (χ3v) is 2.01. The topological polar surface area (TPSA) is 30.2 Å². The van der Waals surface area contributed by atoms with Crippen LogP contribution in [0.4, 0.5) is 0 Å². The molecule has 0 aliphatic carbocycles. The van der Waals surface area contributed by atoms with Gasteiger partial charge in [0.05, 0.1) is 11.7 Å². The predicted molar refractivity (Wildman–Crippen MR) is 45.7 cm³/mol. The Morgan fingerprint density at radius 2 is 2.10 bits per heavy atom. The molecule has 0 aromatic carbocycles. The summed E-state index contributed by atoms with van der Waals surface area (Å²) in [7, 11) is 0. The van der Waals surface area contributed by atoms with E-state index >= 15 is 0 Å². The number of nitrogens with zero attached hydrogens (tertiary/aromatic N) is 3. The van der Waals surface area contributed by atoms with E-state index in [2.05, 4.69) is 32.7 Å². The number of fused-ring (bicyclic) bond motifs is 1. The lowest BCUT2D eigenvalue weighted by atomic mass is 10.5. The van der Waals surface area contributed by atoms with Gasteiger partial charge in [-0.05, 0) is 12.1 Å². The van der Waals surface area contributed by atoms with Gasteiger partial charge in [0.25, 0.3) is 0 Å². The molecule has 0 unspecified atom stereocenters. The van der Waals surface area contributed by atoms with Gasteiger partial charge in [-0.3, -0.25) is 0 Å². The van der Waals surface area contributed by atoms with Crippen molar-refractivity contribution in [3.8, 4) is 0 Å². The Labute approximate surface area is 71.2 Å². The van der Waals surface area contributed by atoms with Gasteiger partial charge in [0.1, 0.15) is 0 Å². The second kappa shape index (κ2) is 2.19. The lowest BCUT2D eigenvalue weighted by Gasteiger charge is -1.92. The molecule has 0 amide bonds. The van der Waals surface area contributed by atoms with E-state index in [0.29, 0.717) is 0 Å². The van der Waals surface area contributed by atoms with Crippen molar-refractivity contribution in [1.82, 2.24) is 14.6 Å². The SMILES string of the molecule is Ic1nccc2ccnn12. The average molecular weight is 245 g/mol. The van der Waals surface area contributed by atoms with Gasteiger partial charge >= 0.3 is 0 Å². The highest BCUT2D eigenvalue weighted by Crippen LogP contribution is 2.04. The number of halogens is 1. The van der Waals surface area contributed by atoms with Crippen molar-refractivity contribution in [3.63, 3.8) is 0 Å². The first-order valence-electron chi connectivity index (χ1n) is 2.82. The van der Waals surface area contributed by atoms with Crippen molar-refractivity contribution in [3.05, 3.63) is 28.4 Å². The summed E-state index contributed by atoms with van der Waals surface area (Å²) in [6.07, 6.45) is 3.54. The number of rotatable bonds is 0. The van der Waals surface area contributed by atoms with Gasteiger partial charge in [-0.15, -0.1) is 0 Å². The van der Waals surface area contributed by atoms with E-state index in [1.54, 1.807) is 16.9 Å². The van der Waals surface area contributed by atoms with Crippen LogP contribution in [-0.2, 0) is 0 Å². The normalized spacial score (nSPS) is 10.5. The summed E-state index contributed by atoms with van der Waals surface area (Å²) in [5.74, 6) is 0. The fourth-order valence-electron chi connectivity index (χ4n) is 0.824. The lowest BCUT2D eigenvalue weighted by Crippen LogP contribution is -1.94. The Morgan fingerprint density at radius 3 is 2.90 bits per heavy atom. The summed E-state index contributed by atoms with van der Waals surface area (Å²) < 4.78 is 2.68. The molecule has 0 aliphatic rings. The fourth-order valence-corrected chi connectivity index (χ4v) is 1.39. The van der Waals surface area contributed by atoms with Crippen molar-refractivity contribution in [1.29, 1.82) is 0 Å². The second-order valence-corrected chi connectivity index (χ2v) is 2.85. The molecule has 50 valence electrons. The van der Waals surface area contributed by atoms with E-state index < -0.39 is 0 Å². The zero-order valence-electron chi connectivity index (χ0n) is 5.03. The van der Waals surface area contributed by atoms with Crippen LogP contribution in [0.1, 0.15) is 0 Å². The van der Waals surface area contributed by atoms with E-state index in [-0.39, 0.29) is 0 Å². The van der Waals surface area contributed by atoms with E-state index in [4.69, 9.17) is 0 Å². The third-order valence-electron chi connectivity index (χ3n) is 1.27. The van der Waals surface area contributed by atoms with Crippen LogP contribution in [0.25, 0.3) is 5.52 Å². The predicted octanol–water partition coefficient (Wildman–Crippen LogP) is 1.33. The van der Waals surface area contributed by atoms with Crippen molar-refractivity contribution >= 4 is 28.1 Å². The number of aromatic nitrogens is 3. The van der Waals surface area contributed by atoms with Crippen LogP contribution in [-0.4, -0.2) is 14.6 Å². The van der Waals surface area contributed by atoms with Gasteiger partial charge < -0.3 is 0 Å². The van der Waals surface area contributed by atoms with Crippen LogP contribution in [0.15, 0.2) is 24.5 Å². The van der Waals surface area contributed by atoms with Gasteiger partial charge in [-0.2, -0.15) is 5.10 Å². The van der Waals surface area contributed by atoms with Gasteiger partial charge in [0.2, 0.25) is 0 Å². The summed E-state index contributed by atoms with van der Waals surface area (Å²) in [6, 6.07) is 3.87. The molecule has 0 radical (unpaired) electrons. The molecule has 0 aliphatic heterocycles. The third kappa shape index (κ3) is 0.792. The lowest BCUT2D eigenvalue weighted by molar-refractivity contribution is 0.884. The molecule has 0 saturated carbocycles. The van der Waals surface area contributed by atoms with Crippen LogP contribution in [0, 0.1) is 3.83 Å². The van der Waals surface area contributed by atoms with Crippen molar-refractivity contribution in [2.24, 2.45) is 0 Å². The molecule has 0 N–H and O–H groups in total. The van der Waals surface area contributed by atoms with Crippen LogP contribution in [0.3, 0.4) is 0 Å². The molecular weight excluding hydrogens is 241 g/mol. The Bertz CT molecular complexity index is 355. The largest absolute Gasteiger partial charge is 0.232 e. The van der Waals surface area contributed by atoms with E-state index in [1.165, 1.54) is 0 Å². The second-order valence-electron chi connectivity index (χ2n) is 1.88. The van der Waals surface area contributed by atoms with Gasteiger partial charge in [-0.25, -0.2) is 9.50 Å². The van der Waals surface area contributed by atoms with Gasteiger partial charge in [0.15, 0.2) is 3.83 Å². The molecule has 3 nitrogen and oxygen atoms in total. The minimum atomic E-state index is 0.889. The van der Waals surface area contributed by atoms with E-state index in [1.807, 2.05) is 12.1 Å². The minimum absolute atomic E-state index is 0.889. The van der Waals surface area contributed by atoms with Crippen molar-refractivity contribution < 1.29 is 0 Å². The first-order valence-corrected chi connectivity index (χ1v) is 3.90. The maximum absolute atomic E-state index is 4.07. The molecule has 0 bridgehead atoms. The average Bonchev–Trinajstić information content (AvgIpc) is 2.36. The minimum Gasteiger partial charge on any atom is -0.232 e. The van der Waals surface area contributed by atoms with E-state index in [9.17, 15) is 0 Å². The Balaban J connectivity index is 2.95. The molecule has 2 heterocycles. The molecule has 10 heavy (non-hydrogen) atoms. The monoisotopic (exact) mass is 245 g/mol. The molecule has 2 aromatic rings. The first-order chi connectivity index (χ1) is 4.88. The smallest absolute Gasteiger partial charge is 0.192 e. The van der Waals surface area contributed by atoms with Crippen LogP contribution in [0.2, 0.25) is 0 Å². The summed E-state index contributed by atoms with van der Waals surface area (Å²) in [5.41, 5.74) is 1.08. The zero-order chi connectivity index (χ0) is 6.97. The summed E-state index contributed by atoms with van der Waals surface area (Å²) in [4.78, 5) is 4.07. The van der Waals surface area contributed by atoms with E-state index in [0.717, 1.165) is 9.35 Å². The highest BCUT2D eigenvalue weighted by atomic mass is 127. The zero-order valence-corrected chi connectivity index (χ0v) is 7.19. The molecule has 2 rings (SSSR count). The summed E-state index contributed by atoms with van der Waals surface area (Å²) >= 11 is 2.14. The van der Waals surface area contributed by atoms with Gasteiger partial charge in [-0.1, -0.05) is 0 Å². The number of hydrogen-bond donors (Lipinski definition) is 0. The Morgan fingerprint density at radius 1 is 1.30 bits per heavy atom. The summed E-state index contributed by atoms with van der Waals surface area (Å²) in [5, 5.41) is 4.06. The van der Waals surface area contributed by atoms with Crippen molar-refractivity contribution in [2.45, 2.75) is 0 Å². The highest BCUT2D eigenvalue weighted by molar-refractivity contribution is 14.1. The molecule has 2 aromatic heterocycles. The Kier molecular flexibility index (Phi) is 1.33.